The second-order valence-corrected chi connectivity index (χ2v) is 12.4. The molecule has 0 radical (unpaired) electrons. The third-order valence-electron chi connectivity index (χ3n) is 7.18. The molecule has 6 nitrogen and oxygen atoms in total. The topological polar surface area (TPSA) is 83.9 Å². The smallest absolute Gasteiger partial charge is 0.409 e. The van der Waals surface area contributed by atoms with E-state index in [1.54, 1.807) is 0 Å². The van der Waals surface area contributed by atoms with E-state index in [1.165, 1.54) is 36.1 Å². The average molecular weight is 564 g/mol. The summed E-state index contributed by atoms with van der Waals surface area (Å²) in [6, 6.07) is 17.2. The first-order chi connectivity index (χ1) is 18.0. The maximum Gasteiger partial charge on any atom is 0.409 e. The third kappa shape index (κ3) is 5.55. The van der Waals surface area contributed by atoms with Crippen LogP contribution in [0.2, 0.25) is 5.02 Å². The number of carbonyl (C=O) groups is 1. The molecule has 1 fully saturated rings. The standard InChI is InChI=1S/C28H28ClF2NO5S/c1-27(24-19-22(30)9-12-25(24)31,38(35,36)23-10-7-21(29)8-11-23)15-18-37-26(33)32-16-13-28(34,14-17-32)20-5-3-2-4-6-20/h2-12,19,34H,13-18H2,1H3. The van der Waals surface area contributed by atoms with E-state index in [-0.39, 0.29) is 36.6 Å². The molecule has 1 saturated heterocycles. The summed E-state index contributed by atoms with van der Waals surface area (Å²) in [5, 5.41) is 11.3. The van der Waals surface area contributed by atoms with Crippen LogP contribution < -0.4 is 0 Å². The summed E-state index contributed by atoms with van der Waals surface area (Å²) >= 11 is 5.90. The summed E-state index contributed by atoms with van der Waals surface area (Å²) in [6.07, 6.45) is -0.385. The highest BCUT2D eigenvalue weighted by atomic mass is 35.5. The van der Waals surface area contributed by atoms with Gasteiger partial charge < -0.3 is 14.7 Å². The molecule has 1 atom stereocenters. The maximum atomic E-state index is 14.9. The summed E-state index contributed by atoms with van der Waals surface area (Å²) in [7, 11) is -4.28. The maximum absolute atomic E-state index is 14.9. The Labute approximate surface area is 225 Å². The lowest BCUT2D eigenvalue weighted by molar-refractivity contribution is -0.0250. The predicted molar refractivity (Wildman–Crippen MR) is 139 cm³/mol. The molecule has 1 N–H and O–H groups in total. The van der Waals surface area contributed by atoms with Gasteiger partial charge in [0.05, 0.1) is 17.1 Å². The van der Waals surface area contributed by atoms with E-state index in [0.717, 1.165) is 23.8 Å². The first kappa shape index (κ1) is 28.0. The predicted octanol–water partition coefficient (Wildman–Crippen LogP) is 5.82. The first-order valence-electron chi connectivity index (χ1n) is 12.1. The summed E-state index contributed by atoms with van der Waals surface area (Å²) in [4.78, 5) is 14.1. The summed E-state index contributed by atoms with van der Waals surface area (Å²) in [6.45, 7) is 1.40. The van der Waals surface area contributed by atoms with Crippen molar-refractivity contribution in [3.8, 4) is 0 Å². The number of hydrogen-bond donors (Lipinski definition) is 1. The molecular weight excluding hydrogens is 536 g/mol. The van der Waals surface area contributed by atoms with Gasteiger partial charge in [-0.05, 0) is 67.8 Å². The Kier molecular flexibility index (Phi) is 8.11. The number of carbonyl (C=O) groups excluding carboxylic acids is 1. The molecule has 1 aliphatic rings. The minimum Gasteiger partial charge on any atom is -0.449 e. The molecule has 4 rings (SSSR count). The number of piperidine rings is 1. The van der Waals surface area contributed by atoms with Crippen LogP contribution in [0.4, 0.5) is 13.6 Å². The summed E-state index contributed by atoms with van der Waals surface area (Å²) in [5.74, 6) is -1.69. The van der Waals surface area contributed by atoms with E-state index in [9.17, 15) is 27.1 Å². The number of nitrogens with zero attached hydrogens (tertiary/aromatic N) is 1. The van der Waals surface area contributed by atoms with E-state index >= 15 is 0 Å². The van der Waals surface area contributed by atoms with E-state index in [2.05, 4.69) is 0 Å². The van der Waals surface area contributed by atoms with Crippen LogP contribution in [0.25, 0.3) is 0 Å². The Morgan fingerprint density at radius 2 is 1.68 bits per heavy atom. The zero-order chi connectivity index (χ0) is 27.6. The lowest BCUT2D eigenvalue weighted by atomic mass is 9.84. The van der Waals surface area contributed by atoms with Crippen molar-refractivity contribution in [1.82, 2.24) is 4.90 Å². The average Bonchev–Trinajstić information content (AvgIpc) is 2.91. The Morgan fingerprint density at radius 1 is 1.05 bits per heavy atom. The van der Waals surface area contributed by atoms with Crippen LogP contribution in [0.15, 0.2) is 77.7 Å². The van der Waals surface area contributed by atoms with E-state index < -0.39 is 37.9 Å². The number of halogens is 3. The van der Waals surface area contributed by atoms with Crippen molar-refractivity contribution in [2.24, 2.45) is 0 Å². The Hall–Kier alpha value is -3.01. The number of amides is 1. The lowest BCUT2D eigenvalue weighted by Gasteiger charge is -2.38. The molecule has 1 unspecified atom stereocenters. The zero-order valence-electron chi connectivity index (χ0n) is 20.7. The van der Waals surface area contributed by atoms with E-state index in [1.807, 2.05) is 30.3 Å². The molecule has 10 heteroatoms. The van der Waals surface area contributed by atoms with Gasteiger partial charge in [0.2, 0.25) is 0 Å². The SMILES string of the molecule is CC(CCOC(=O)N1CCC(O)(c2ccccc2)CC1)(c1cc(F)ccc1F)S(=O)(=O)c1ccc(Cl)cc1. The van der Waals surface area contributed by atoms with E-state index in [0.29, 0.717) is 17.9 Å². The molecule has 0 bridgehead atoms. The second-order valence-electron chi connectivity index (χ2n) is 9.56. The van der Waals surface area contributed by atoms with Gasteiger partial charge in [-0.25, -0.2) is 22.0 Å². The van der Waals surface area contributed by atoms with Crippen LogP contribution >= 0.6 is 11.6 Å². The minimum absolute atomic E-state index is 0.129. The number of likely N-dealkylation sites (tertiary alicyclic amines) is 1. The van der Waals surface area contributed by atoms with Crippen LogP contribution in [-0.2, 0) is 24.9 Å². The van der Waals surface area contributed by atoms with Gasteiger partial charge in [0.15, 0.2) is 9.84 Å². The number of rotatable bonds is 7. The van der Waals surface area contributed by atoms with Gasteiger partial charge >= 0.3 is 6.09 Å². The highest BCUT2D eigenvalue weighted by molar-refractivity contribution is 7.92. The Bertz CT molecular complexity index is 1390. The molecule has 3 aromatic rings. The number of hydrogen-bond acceptors (Lipinski definition) is 5. The fourth-order valence-electron chi connectivity index (χ4n) is 4.71. The molecule has 38 heavy (non-hydrogen) atoms. The van der Waals surface area contributed by atoms with Crippen molar-refractivity contribution in [2.45, 2.75) is 41.4 Å². The van der Waals surface area contributed by atoms with Gasteiger partial charge in [-0.3, -0.25) is 0 Å². The normalized spacial score (nSPS) is 17.0. The molecule has 0 aromatic heterocycles. The summed E-state index contributed by atoms with van der Waals surface area (Å²) < 4.78 is 59.8. The van der Waals surface area contributed by atoms with E-state index in [4.69, 9.17) is 16.3 Å². The molecule has 1 aliphatic heterocycles. The molecule has 1 heterocycles. The first-order valence-corrected chi connectivity index (χ1v) is 14.0. The molecule has 3 aromatic carbocycles. The van der Waals surface area contributed by atoms with Crippen molar-refractivity contribution in [1.29, 1.82) is 0 Å². The van der Waals surface area contributed by atoms with Gasteiger partial charge in [0, 0.05) is 30.1 Å². The number of aliphatic hydroxyl groups is 1. The Morgan fingerprint density at radius 3 is 2.32 bits per heavy atom. The quantitative estimate of drug-likeness (QED) is 0.392. The largest absolute Gasteiger partial charge is 0.449 e. The monoisotopic (exact) mass is 563 g/mol. The molecule has 202 valence electrons. The van der Waals surface area contributed by atoms with Crippen LogP contribution in [0.1, 0.15) is 37.3 Å². The summed E-state index contributed by atoms with van der Waals surface area (Å²) in [5.41, 5.74) is -0.652. The van der Waals surface area contributed by atoms with Gasteiger partial charge in [-0.15, -0.1) is 0 Å². The Balaban J connectivity index is 1.50. The van der Waals surface area contributed by atoms with Gasteiger partial charge in [0.1, 0.15) is 16.4 Å². The van der Waals surface area contributed by atoms with Crippen molar-refractivity contribution in [2.75, 3.05) is 19.7 Å². The van der Waals surface area contributed by atoms with Crippen LogP contribution in [0.5, 0.6) is 0 Å². The number of sulfone groups is 1. The molecule has 0 spiro atoms. The zero-order valence-corrected chi connectivity index (χ0v) is 22.3. The molecular formula is C28H28ClF2NO5S. The van der Waals surface area contributed by atoms with Crippen molar-refractivity contribution >= 4 is 27.5 Å². The molecule has 0 saturated carbocycles. The van der Waals surface area contributed by atoms with Crippen molar-refractivity contribution in [3.63, 3.8) is 0 Å². The molecule has 1 amide bonds. The van der Waals surface area contributed by atoms with Crippen molar-refractivity contribution < 1.29 is 31.8 Å². The van der Waals surface area contributed by atoms with Crippen LogP contribution in [-0.4, -0.2) is 44.2 Å². The minimum atomic E-state index is -4.28. The van der Waals surface area contributed by atoms with Crippen molar-refractivity contribution in [3.05, 3.63) is 101 Å². The molecule has 0 aliphatic carbocycles. The lowest BCUT2D eigenvalue weighted by Crippen LogP contribution is -2.45. The fraction of sp³-hybridized carbons (Fsp3) is 0.321. The highest BCUT2D eigenvalue weighted by Gasteiger charge is 2.44. The van der Waals surface area contributed by atoms with Crippen LogP contribution in [0.3, 0.4) is 0 Å². The third-order valence-corrected chi connectivity index (χ3v) is 9.93. The number of benzene rings is 3. The van der Waals surface area contributed by atoms with Gasteiger partial charge in [0.25, 0.3) is 0 Å². The van der Waals surface area contributed by atoms with Gasteiger partial charge in [-0.1, -0.05) is 41.9 Å². The van der Waals surface area contributed by atoms with Gasteiger partial charge in [-0.2, -0.15) is 0 Å². The number of ether oxygens (including phenoxy) is 1. The second kappa shape index (κ2) is 11.0. The highest BCUT2D eigenvalue weighted by Crippen LogP contribution is 2.40. The fourth-order valence-corrected chi connectivity index (χ4v) is 6.65. The van der Waals surface area contributed by atoms with Crippen LogP contribution in [0, 0.1) is 11.6 Å².